The van der Waals surface area contributed by atoms with Crippen molar-refractivity contribution >= 4 is 23.5 Å². The molecule has 2 aromatic rings. The lowest BCUT2D eigenvalue weighted by atomic mass is 9.76. The maximum atomic E-state index is 13.3. The zero-order chi connectivity index (χ0) is 22.4. The van der Waals surface area contributed by atoms with Crippen molar-refractivity contribution in [3.05, 3.63) is 59.2 Å². The standard InChI is InChI=1S/C24H27N3O4/c1-23(2,3)16-10-11-19(28)18(13-16)25-20(29)14-27-21(30)24(26-22(27)31)12-6-8-15-7-4-5-9-17(15)24/h4-5,7,9-11,13,28H,6,8,12,14H2,1-3H3,(H,25,29)(H,26,31). The van der Waals surface area contributed by atoms with E-state index in [2.05, 4.69) is 10.6 Å². The summed E-state index contributed by atoms with van der Waals surface area (Å²) in [5, 5.41) is 15.6. The van der Waals surface area contributed by atoms with E-state index in [4.69, 9.17) is 0 Å². The lowest BCUT2D eigenvalue weighted by Gasteiger charge is -2.33. The molecule has 1 aliphatic carbocycles. The summed E-state index contributed by atoms with van der Waals surface area (Å²) < 4.78 is 0. The summed E-state index contributed by atoms with van der Waals surface area (Å²) >= 11 is 0. The van der Waals surface area contributed by atoms with Crippen LogP contribution in [-0.4, -0.2) is 34.4 Å². The number of benzene rings is 2. The summed E-state index contributed by atoms with van der Waals surface area (Å²) in [6.45, 7) is 5.66. The minimum atomic E-state index is -1.11. The number of aryl methyl sites for hydroxylation is 1. The number of urea groups is 1. The fourth-order valence-electron chi connectivity index (χ4n) is 4.39. The summed E-state index contributed by atoms with van der Waals surface area (Å²) in [6, 6.07) is 12.1. The highest BCUT2D eigenvalue weighted by molar-refractivity contribution is 6.10. The Morgan fingerprint density at radius 1 is 1.19 bits per heavy atom. The topological polar surface area (TPSA) is 98.7 Å². The van der Waals surface area contributed by atoms with Gasteiger partial charge in [-0.2, -0.15) is 0 Å². The third-order valence-electron chi connectivity index (χ3n) is 6.09. The summed E-state index contributed by atoms with van der Waals surface area (Å²) in [5.41, 5.74) is 1.75. The van der Waals surface area contributed by atoms with E-state index >= 15 is 0 Å². The fourth-order valence-corrected chi connectivity index (χ4v) is 4.39. The van der Waals surface area contributed by atoms with Crippen LogP contribution in [-0.2, 0) is 27.0 Å². The number of hydrogen-bond donors (Lipinski definition) is 3. The molecule has 2 aromatic carbocycles. The predicted molar refractivity (Wildman–Crippen MR) is 117 cm³/mol. The molecule has 3 N–H and O–H groups in total. The van der Waals surface area contributed by atoms with Gasteiger partial charge in [-0.1, -0.05) is 51.1 Å². The van der Waals surface area contributed by atoms with Crippen molar-refractivity contribution in [1.82, 2.24) is 10.2 Å². The first-order valence-corrected chi connectivity index (χ1v) is 10.5. The van der Waals surface area contributed by atoms with E-state index in [1.54, 1.807) is 12.1 Å². The number of hydrogen-bond acceptors (Lipinski definition) is 4. The summed E-state index contributed by atoms with van der Waals surface area (Å²) in [7, 11) is 0. The summed E-state index contributed by atoms with van der Waals surface area (Å²) in [4.78, 5) is 39.6. The van der Waals surface area contributed by atoms with Crippen LogP contribution in [0.3, 0.4) is 0 Å². The molecule has 1 fully saturated rings. The number of phenols is 1. The number of nitrogens with zero attached hydrogens (tertiary/aromatic N) is 1. The number of nitrogens with one attached hydrogen (secondary N) is 2. The molecule has 1 spiro atoms. The first-order valence-electron chi connectivity index (χ1n) is 10.5. The van der Waals surface area contributed by atoms with Crippen LogP contribution < -0.4 is 10.6 Å². The van der Waals surface area contributed by atoms with Crippen molar-refractivity contribution in [2.75, 3.05) is 11.9 Å². The van der Waals surface area contributed by atoms with Crippen LogP contribution in [0.15, 0.2) is 42.5 Å². The number of carbonyl (C=O) groups is 3. The Labute approximate surface area is 181 Å². The lowest BCUT2D eigenvalue weighted by molar-refractivity contribution is -0.134. The maximum Gasteiger partial charge on any atom is 0.325 e. The largest absolute Gasteiger partial charge is 0.506 e. The van der Waals surface area contributed by atoms with E-state index in [1.807, 2.05) is 45.0 Å². The second kappa shape index (κ2) is 7.41. The Balaban J connectivity index is 1.54. The molecule has 7 nitrogen and oxygen atoms in total. The summed E-state index contributed by atoms with van der Waals surface area (Å²) in [6.07, 6.45) is 2.13. The van der Waals surface area contributed by atoms with E-state index in [0.717, 1.165) is 34.4 Å². The van der Waals surface area contributed by atoms with Crippen molar-refractivity contribution in [1.29, 1.82) is 0 Å². The van der Waals surface area contributed by atoms with Crippen LogP contribution in [0.25, 0.3) is 0 Å². The number of rotatable bonds is 3. The van der Waals surface area contributed by atoms with Crippen LogP contribution in [0, 0.1) is 0 Å². The second-order valence-corrected chi connectivity index (χ2v) is 9.27. The molecule has 0 radical (unpaired) electrons. The van der Waals surface area contributed by atoms with Gasteiger partial charge in [0.2, 0.25) is 5.91 Å². The number of anilines is 1. The average molecular weight is 421 g/mol. The van der Waals surface area contributed by atoms with Crippen LogP contribution in [0.4, 0.5) is 10.5 Å². The molecule has 4 rings (SSSR count). The zero-order valence-corrected chi connectivity index (χ0v) is 18.0. The molecule has 1 aliphatic heterocycles. The molecule has 1 unspecified atom stereocenters. The average Bonchev–Trinajstić information content (AvgIpc) is 2.94. The van der Waals surface area contributed by atoms with Gasteiger partial charge in [0.05, 0.1) is 5.69 Å². The Morgan fingerprint density at radius 3 is 2.68 bits per heavy atom. The fraction of sp³-hybridized carbons (Fsp3) is 0.375. The summed E-state index contributed by atoms with van der Waals surface area (Å²) in [5.74, 6) is -1.03. The molecule has 1 saturated heterocycles. The molecular formula is C24H27N3O4. The highest BCUT2D eigenvalue weighted by atomic mass is 16.3. The first-order chi connectivity index (χ1) is 14.6. The van der Waals surface area contributed by atoms with Gasteiger partial charge in [-0.05, 0) is 53.5 Å². The SMILES string of the molecule is CC(C)(C)c1ccc(O)c(NC(=O)CN2C(=O)NC3(CCCc4ccccc43)C2=O)c1. The van der Waals surface area contributed by atoms with Crippen molar-refractivity contribution in [2.24, 2.45) is 0 Å². The van der Waals surface area contributed by atoms with Gasteiger partial charge in [-0.3, -0.25) is 14.5 Å². The third kappa shape index (κ3) is 3.65. The minimum absolute atomic E-state index is 0.0729. The Morgan fingerprint density at radius 2 is 1.94 bits per heavy atom. The molecule has 1 atom stereocenters. The highest BCUT2D eigenvalue weighted by Crippen LogP contribution is 2.40. The quantitative estimate of drug-likeness (QED) is 0.522. The van der Waals surface area contributed by atoms with Crippen molar-refractivity contribution in [3.8, 4) is 5.75 Å². The third-order valence-corrected chi connectivity index (χ3v) is 6.09. The normalized spacial score (nSPS) is 20.5. The number of phenolic OH excluding ortho intramolecular Hbond substituents is 1. The van der Waals surface area contributed by atoms with Gasteiger partial charge in [0.1, 0.15) is 17.8 Å². The molecule has 4 amide bonds. The van der Waals surface area contributed by atoms with Crippen molar-refractivity contribution in [2.45, 2.75) is 51.0 Å². The molecule has 1 heterocycles. The molecule has 0 aromatic heterocycles. The number of imide groups is 1. The smallest absolute Gasteiger partial charge is 0.325 e. The van der Waals surface area contributed by atoms with Crippen LogP contribution in [0.2, 0.25) is 0 Å². The van der Waals surface area contributed by atoms with E-state index in [9.17, 15) is 19.5 Å². The first kappa shape index (κ1) is 20.9. The van der Waals surface area contributed by atoms with E-state index in [0.29, 0.717) is 6.42 Å². The van der Waals surface area contributed by atoms with Gasteiger partial charge in [-0.15, -0.1) is 0 Å². The van der Waals surface area contributed by atoms with Gasteiger partial charge >= 0.3 is 6.03 Å². The molecule has 0 bridgehead atoms. The Bertz CT molecular complexity index is 1070. The maximum absolute atomic E-state index is 13.3. The van der Waals surface area contributed by atoms with E-state index in [1.165, 1.54) is 6.07 Å². The minimum Gasteiger partial charge on any atom is -0.506 e. The van der Waals surface area contributed by atoms with Crippen LogP contribution in [0.1, 0.15) is 50.3 Å². The predicted octanol–water partition coefficient (Wildman–Crippen LogP) is 3.41. The van der Waals surface area contributed by atoms with Gasteiger partial charge in [0, 0.05) is 0 Å². The van der Waals surface area contributed by atoms with Gasteiger partial charge in [0.15, 0.2) is 0 Å². The number of fused-ring (bicyclic) bond motifs is 2. The monoisotopic (exact) mass is 421 g/mol. The van der Waals surface area contributed by atoms with Gasteiger partial charge < -0.3 is 15.7 Å². The van der Waals surface area contributed by atoms with Crippen LogP contribution in [0.5, 0.6) is 5.75 Å². The number of amides is 4. The Hall–Kier alpha value is -3.35. The van der Waals surface area contributed by atoms with Crippen LogP contribution >= 0.6 is 0 Å². The van der Waals surface area contributed by atoms with Crippen molar-refractivity contribution in [3.63, 3.8) is 0 Å². The molecular weight excluding hydrogens is 394 g/mol. The second-order valence-electron chi connectivity index (χ2n) is 9.27. The molecule has 2 aliphatic rings. The highest BCUT2D eigenvalue weighted by Gasteiger charge is 2.54. The van der Waals surface area contributed by atoms with E-state index < -0.39 is 29.9 Å². The van der Waals surface area contributed by atoms with Crippen molar-refractivity contribution < 1.29 is 19.5 Å². The lowest BCUT2D eigenvalue weighted by Crippen LogP contribution is -2.47. The van der Waals surface area contributed by atoms with E-state index in [-0.39, 0.29) is 16.9 Å². The molecule has 7 heteroatoms. The van der Waals surface area contributed by atoms with Gasteiger partial charge in [0.25, 0.3) is 5.91 Å². The number of aromatic hydroxyl groups is 1. The molecule has 0 saturated carbocycles. The molecule has 162 valence electrons. The molecule has 31 heavy (non-hydrogen) atoms. The Kier molecular flexibility index (Phi) is 5.00. The van der Waals surface area contributed by atoms with Gasteiger partial charge in [-0.25, -0.2) is 4.79 Å². The zero-order valence-electron chi connectivity index (χ0n) is 18.0. The number of carbonyl (C=O) groups excluding carboxylic acids is 3.